The third-order valence-electron chi connectivity index (χ3n) is 3.09. The topological polar surface area (TPSA) is 42.2 Å². The highest BCUT2D eigenvalue weighted by Gasteiger charge is 2.14. The van der Waals surface area contributed by atoms with Crippen LogP contribution in [0.25, 0.3) is 11.5 Å². The molecule has 0 amide bonds. The number of rotatable bonds is 2. The summed E-state index contributed by atoms with van der Waals surface area (Å²) in [5.74, 6) is 1.27. The molecule has 0 atom stereocenters. The summed E-state index contributed by atoms with van der Waals surface area (Å²) >= 11 is 0. The van der Waals surface area contributed by atoms with Crippen molar-refractivity contribution in [3.8, 4) is 11.5 Å². The molecular formula is C13H15N3O. The molecule has 0 saturated carbocycles. The molecule has 0 unspecified atom stereocenters. The van der Waals surface area contributed by atoms with E-state index in [1.807, 2.05) is 19.1 Å². The van der Waals surface area contributed by atoms with Gasteiger partial charge in [0.2, 0.25) is 0 Å². The van der Waals surface area contributed by atoms with Crippen molar-refractivity contribution in [1.29, 1.82) is 0 Å². The van der Waals surface area contributed by atoms with Crippen LogP contribution in [0.3, 0.4) is 0 Å². The molecule has 2 heterocycles. The van der Waals surface area contributed by atoms with E-state index in [0.717, 1.165) is 18.7 Å². The van der Waals surface area contributed by atoms with Crippen LogP contribution in [0.5, 0.6) is 0 Å². The van der Waals surface area contributed by atoms with Crippen molar-refractivity contribution in [1.82, 2.24) is 10.1 Å². The molecule has 2 aromatic rings. The molecule has 1 fully saturated rings. The van der Waals surface area contributed by atoms with Crippen LogP contribution in [0.15, 0.2) is 28.8 Å². The van der Waals surface area contributed by atoms with Gasteiger partial charge in [-0.05, 0) is 38.0 Å². The average molecular weight is 229 g/mol. The quantitative estimate of drug-likeness (QED) is 0.794. The molecule has 1 aromatic carbocycles. The molecule has 0 spiro atoms. The summed E-state index contributed by atoms with van der Waals surface area (Å²) in [6.45, 7) is 4.12. The minimum atomic E-state index is 0.601. The molecule has 88 valence electrons. The number of hydrogen-bond donors (Lipinski definition) is 0. The second-order valence-electron chi connectivity index (χ2n) is 4.39. The van der Waals surface area contributed by atoms with Crippen molar-refractivity contribution in [2.45, 2.75) is 19.8 Å². The molecular weight excluding hydrogens is 214 g/mol. The van der Waals surface area contributed by atoms with Crippen LogP contribution in [0, 0.1) is 6.92 Å². The minimum absolute atomic E-state index is 0.601. The van der Waals surface area contributed by atoms with Crippen molar-refractivity contribution in [2.75, 3.05) is 18.0 Å². The molecule has 0 bridgehead atoms. The second kappa shape index (κ2) is 4.20. The summed E-state index contributed by atoms with van der Waals surface area (Å²) in [5, 5.41) is 3.82. The van der Waals surface area contributed by atoms with Crippen LogP contribution in [-0.4, -0.2) is 23.2 Å². The van der Waals surface area contributed by atoms with Gasteiger partial charge >= 0.3 is 0 Å². The molecule has 0 radical (unpaired) electrons. The first-order valence-corrected chi connectivity index (χ1v) is 5.98. The lowest BCUT2D eigenvalue weighted by Gasteiger charge is -2.17. The smallest absolute Gasteiger partial charge is 0.257 e. The fourth-order valence-electron chi connectivity index (χ4n) is 2.23. The van der Waals surface area contributed by atoms with Gasteiger partial charge in [0.05, 0.1) is 0 Å². The summed E-state index contributed by atoms with van der Waals surface area (Å²) in [4.78, 5) is 6.65. The lowest BCUT2D eigenvalue weighted by molar-refractivity contribution is 0.425. The molecule has 1 aromatic heterocycles. The van der Waals surface area contributed by atoms with E-state index in [1.54, 1.807) is 0 Å². The van der Waals surface area contributed by atoms with Crippen LogP contribution >= 0.6 is 0 Å². The number of aryl methyl sites for hydroxylation is 1. The molecule has 1 aliphatic rings. The zero-order valence-corrected chi connectivity index (χ0v) is 9.89. The van der Waals surface area contributed by atoms with Gasteiger partial charge in [0.1, 0.15) is 0 Å². The van der Waals surface area contributed by atoms with Gasteiger partial charge in [-0.25, -0.2) is 0 Å². The lowest BCUT2D eigenvalue weighted by Crippen LogP contribution is -2.17. The highest BCUT2D eigenvalue weighted by Crippen LogP contribution is 2.25. The van der Waals surface area contributed by atoms with E-state index in [-0.39, 0.29) is 0 Å². The molecule has 1 saturated heterocycles. The van der Waals surface area contributed by atoms with Gasteiger partial charge in [0.15, 0.2) is 5.82 Å². The van der Waals surface area contributed by atoms with Gasteiger partial charge in [-0.1, -0.05) is 11.2 Å². The SMILES string of the molecule is Cc1noc(-c2cccc(N3CCCC3)c2)n1. The zero-order chi connectivity index (χ0) is 11.7. The van der Waals surface area contributed by atoms with Crippen LogP contribution < -0.4 is 4.90 Å². The Bertz CT molecular complexity index is 515. The molecule has 4 heteroatoms. The Labute approximate surface area is 100 Å². The first-order valence-electron chi connectivity index (χ1n) is 5.98. The standard InChI is InChI=1S/C13H15N3O/c1-10-14-13(17-15-10)11-5-4-6-12(9-11)16-7-2-3-8-16/h4-6,9H,2-3,7-8H2,1H3. The highest BCUT2D eigenvalue weighted by atomic mass is 16.5. The minimum Gasteiger partial charge on any atom is -0.372 e. The fraction of sp³-hybridized carbons (Fsp3) is 0.385. The Kier molecular flexibility index (Phi) is 2.55. The van der Waals surface area contributed by atoms with E-state index < -0.39 is 0 Å². The zero-order valence-electron chi connectivity index (χ0n) is 9.89. The Balaban J connectivity index is 1.93. The maximum Gasteiger partial charge on any atom is 0.257 e. The molecule has 4 nitrogen and oxygen atoms in total. The fourth-order valence-corrected chi connectivity index (χ4v) is 2.23. The van der Waals surface area contributed by atoms with Gasteiger partial charge in [-0.3, -0.25) is 0 Å². The normalized spacial score (nSPS) is 15.5. The van der Waals surface area contributed by atoms with Crippen molar-refractivity contribution in [3.63, 3.8) is 0 Å². The Hall–Kier alpha value is -1.84. The maximum atomic E-state index is 5.19. The summed E-state index contributed by atoms with van der Waals surface area (Å²) in [5.41, 5.74) is 2.24. The molecule has 0 aliphatic carbocycles. The van der Waals surface area contributed by atoms with E-state index >= 15 is 0 Å². The predicted octanol–water partition coefficient (Wildman–Crippen LogP) is 2.65. The van der Waals surface area contributed by atoms with Crippen molar-refractivity contribution in [3.05, 3.63) is 30.1 Å². The number of hydrogen-bond acceptors (Lipinski definition) is 4. The Morgan fingerprint density at radius 2 is 2.06 bits per heavy atom. The monoisotopic (exact) mass is 229 g/mol. The predicted molar refractivity (Wildman–Crippen MR) is 65.9 cm³/mol. The maximum absolute atomic E-state index is 5.19. The van der Waals surface area contributed by atoms with Crippen LogP contribution in [0.1, 0.15) is 18.7 Å². The summed E-state index contributed by atoms with van der Waals surface area (Å²) in [6.07, 6.45) is 2.56. The largest absolute Gasteiger partial charge is 0.372 e. The van der Waals surface area contributed by atoms with E-state index in [0.29, 0.717) is 11.7 Å². The first kappa shape index (κ1) is 10.3. The van der Waals surface area contributed by atoms with E-state index in [9.17, 15) is 0 Å². The van der Waals surface area contributed by atoms with Gasteiger partial charge < -0.3 is 9.42 Å². The van der Waals surface area contributed by atoms with Crippen molar-refractivity contribution < 1.29 is 4.52 Å². The van der Waals surface area contributed by atoms with E-state index in [4.69, 9.17) is 4.52 Å². The number of nitrogens with zero attached hydrogens (tertiary/aromatic N) is 3. The summed E-state index contributed by atoms with van der Waals surface area (Å²) in [7, 11) is 0. The van der Waals surface area contributed by atoms with Gasteiger partial charge in [-0.15, -0.1) is 0 Å². The number of benzene rings is 1. The Morgan fingerprint density at radius 3 is 2.76 bits per heavy atom. The molecule has 17 heavy (non-hydrogen) atoms. The average Bonchev–Trinajstić information content (AvgIpc) is 3.00. The van der Waals surface area contributed by atoms with Crippen molar-refractivity contribution >= 4 is 5.69 Å². The van der Waals surface area contributed by atoms with Gasteiger partial charge in [-0.2, -0.15) is 4.98 Å². The third kappa shape index (κ3) is 2.02. The summed E-state index contributed by atoms with van der Waals surface area (Å²) in [6, 6.07) is 8.31. The van der Waals surface area contributed by atoms with Crippen LogP contribution in [0.2, 0.25) is 0 Å². The van der Waals surface area contributed by atoms with Gasteiger partial charge in [0.25, 0.3) is 5.89 Å². The highest BCUT2D eigenvalue weighted by molar-refractivity contribution is 5.62. The summed E-state index contributed by atoms with van der Waals surface area (Å²) < 4.78 is 5.19. The van der Waals surface area contributed by atoms with Gasteiger partial charge in [0, 0.05) is 24.3 Å². The van der Waals surface area contributed by atoms with E-state index in [2.05, 4.69) is 27.2 Å². The number of anilines is 1. The molecule has 1 aliphatic heterocycles. The molecule has 3 rings (SSSR count). The van der Waals surface area contributed by atoms with Crippen molar-refractivity contribution in [2.24, 2.45) is 0 Å². The first-order chi connectivity index (χ1) is 8.33. The van der Waals surface area contributed by atoms with E-state index in [1.165, 1.54) is 18.5 Å². The number of aromatic nitrogens is 2. The molecule has 0 N–H and O–H groups in total. The Morgan fingerprint density at radius 1 is 1.24 bits per heavy atom. The van der Waals surface area contributed by atoms with Crippen LogP contribution in [-0.2, 0) is 0 Å². The second-order valence-corrected chi connectivity index (χ2v) is 4.39. The third-order valence-corrected chi connectivity index (χ3v) is 3.09. The lowest BCUT2D eigenvalue weighted by atomic mass is 10.2. The van der Waals surface area contributed by atoms with Crippen LogP contribution in [0.4, 0.5) is 5.69 Å².